The van der Waals surface area contributed by atoms with E-state index in [2.05, 4.69) is 9.97 Å². The maximum Gasteiger partial charge on any atom is 0.301 e. The van der Waals surface area contributed by atoms with Gasteiger partial charge in [0.15, 0.2) is 10.9 Å². The van der Waals surface area contributed by atoms with Gasteiger partial charge in [0.1, 0.15) is 17.1 Å². The van der Waals surface area contributed by atoms with E-state index in [1.54, 1.807) is 0 Å². The van der Waals surface area contributed by atoms with E-state index < -0.39 is 17.7 Å². The molecule has 0 saturated carbocycles. The number of benzene rings is 2. The summed E-state index contributed by atoms with van der Waals surface area (Å²) in [4.78, 5) is 37.8. The number of nitrogens with zero attached hydrogens (tertiary/aromatic N) is 4. The first-order chi connectivity index (χ1) is 18.4. The van der Waals surface area contributed by atoms with Crippen LogP contribution in [0, 0.1) is 13.8 Å². The van der Waals surface area contributed by atoms with Gasteiger partial charge in [-0.05, 0) is 56.2 Å². The highest BCUT2D eigenvalue weighted by atomic mass is 32.1. The quantitative estimate of drug-likeness (QED) is 0.183. The van der Waals surface area contributed by atoms with Gasteiger partial charge in [0.25, 0.3) is 5.78 Å². The summed E-state index contributed by atoms with van der Waals surface area (Å²) in [6.45, 7) is 6.19. The summed E-state index contributed by atoms with van der Waals surface area (Å²) in [5.74, 6) is -1.13. The van der Waals surface area contributed by atoms with E-state index in [0.29, 0.717) is 39.9 Å². The Morgan fingerprint density at radius 1 is 1.05 bits per heavy atom. The van der Waals surface area contributed by atoms with Gasteiger partial charge in [0, 0.05) is 6.20 Å². The lowest BCUT2D eigenvalue weighted by Gasteiger charge is -2.22. The number of pyridine rings is 1. The molecule has 1 fully saturated rings. The van der Waals surface area contributed by atoms with E-state index in [4.69, 9.17) is 4.74 Å². The molecule has 1 unspecified atom stereocenters. The van der Waals surface area contributed by atoms with Crippen molar-refractivity contribution in [2.45, 2.75) is 26.8 Å². The minimum atomic E-state index is -0.867. The summed E-state index contributed by atoms with van der Waals surface area (Å²) < 4.78 is 8.30. The van der Waals surface area contributed by atoms with Crippen LogP contribution in [0.5, 0.6) is 5.75 Å². The van der Waals surface area contributed by atoms with Crippen LogP contribution in [0.2, 0.25) is 0 Å². The molecule has 1 amide bonds. The Morgan fingerprint density at radius 2 is 1.84 bits per heavy atom. The molecule has 0 bridgehead atoms. The molecule has 0 radical (unpaired) electrons. The van der Waals surface area contributed by atoms with Crippen LogP contribution < -0.4 is 9.64 Å². The van der Waals surface area contributed by atoms with Gasteiger partial charge in [-0.3, -0.25) is 14.5 Å². The first kappa shape index (κ1) is 23.9. The van der Waals surface area contributed by atoms with Crippen LogP contribution in [0.15, 0.2) is 72.4 Å². The second kappa shape index (κ2) is 9.11. The number of anilines is 1. The zero-order chi connectivity index (χ0) is 26.6. The molecular weight excluding hydrogens is 500 g/mol. The molecule has 8 nitrogen and oxygen atoms in total. The number of hydrogen-bond donors (Lipinski definition) is 1. The van der Waals surface area contributed by atoms with E-state index in [0.717, 1.165) is 10.3 Å². The van der Waals surface area contributed by atoms with Crippen LogP contribution in [0.4, 0.5) is 5.13 Å². The molecular formula is C29H24N4O4S. The number of fused-ring (bicyclic) bond motifs is 2. The number of aliphatic hydroxyl groups excluding tert-OH is 1. The van der Waals surface area contributed by atoms with Crippen LogP contribution in [0.1, 0.15) is 35.5 Å². The van der Waals surface area contributed by atoms with Gasteiger partial charge in [0.2, 0.25) is 0 Å². The van der Waals surface area contributed by atoms with Crippen molar-refractivity contribution in [2.75, 3.05) is 11.5 Å². The molecule has 5 aromatic rings. The fourth-order valence-corrected chi connectivity index (χ4v) is 5.93. The number of ether oxygens (including phenoxy) is 1. The Morgan fingerprint density at radius 3 is 2.58 bits per heavy atom. The lowest BCUT2D eigenvalue weighted by molar-refractivity contribution is -0.132. The Labute approximate surface area is 222 Å². The number of imidazole rings is 1. The predicted octanol–water partition coefficient (Wildman–Crippen LogP) is 5.59. The van der Waals surface area contributed by atoms with Gasteiger partial charge >= 0.3 is 5.91 Å². The third-order valence-corrected chi connectivity index (χ3v) is 7.75. The average Bonchev–Trinajstić information content (AvgIpc) is 3.57. The van der Waals surface area contributed by atoms with E-state index in [-0.39, 0.29) is 17.0 Å². The summed E-state index contributed by atoms with van der Waals surface area (Å²) in [7, 11) is 0. The number of aryl methyl sites for hydroxylation is 2. The molecule has 1 aliphatic heterocycles. The minimum Gasteiger partial charge on any atom is -0.505 e. The van der Waals surface area contributed by atoms with Gasteiger partial charge in [-0.25, -0.2) is 9.97 Å². The third-order valence-electron chi connectivity index (χ3n) is 6.73. The number of carbonyl (C=O) groups excluding carboxylic acids is 2. The van der Waals surface area contributed by atoms with Gasteiger partial charge < -0.3 is 14.2 Å². The number of ketones is 1. The Hall–Kier alpha value is -4.50. The SMILES string of the molecule is CCOc1ccc2nc(N3C(=O)C(=O)/C(=C(/O)c4nc5c(C)cccn5c4C)C3c3ccccc3)sc2c1. The van der Waals surface area contributed by atoms with Crippen LogP contribution in [0.3, 0.4) is 0 Å². The van der Waals surface area contributed by atoms with Gasteiger partial charge in [0.05, 0.1) is 34.1 Å². The zero-order valence-corrected chi connectivity index (χ0v) is 21.8. The molecule has 9 heteroatoms. The van der Waals surface area contributed by atoms with Crippen molar-refractivity contribution in [3.05, 3.63) is 94.9 Å². The highest BCUT2D eigenvalue weighted by molar-refractivity contribution is 7.22. The third kappa shape index (κ3) is 3.66. The smallest absolute Gasteiger partial charge is 0.301 e. The van der Waals surface area contributed by atoms with Crippen LogP contribution >= 0.6 is 11.3 Å². The van der Waals surface area contributed by atoms with E-state index >= 15 is 0 Å². The monoisotopic (exact) mass is 524 g/mol. The lowest BCUT2D eigenvalue weighted by atomic mass is 9.96. The molecule has 0 aliphatic carbocycles. The van der Waals surface area contributed by atoms with Crippen molar-refractivity contribution in [3.8, 4) is 5.75 Å². The number of rotatable bonds is 5. The summed E-state index contributed by atoms with van der Waals surface area (Å²) in [5, 5.41) is 12.0. The van der Waals surface area contributed by atoms with Gasteiger partial charge in [-0.1, -0.05) is 47.7 Å². The molecule has 1 atom stereocenters. The second-order valence-corrected chi connectivity index (χ2v) is 10.1. The molecule has 3 aromatic heterocycles. The molecule has 2 aromatic carbocycles. The lowest BCUT2D eigenvalue weighted by Crippen LogP contribution is -2.29. The number of thiazole rings is 1. The van der Waals surface area contributed by atoms with Crippen molar-refractivity contribution in [1.29, 1.82) is 0 Å². The predicted molar refractivity (Wildman–Crippen MR) is 147 cm³/mol. The topological polar surface area (TPSA) is 97.0 Å². The molecule has 1 saturated heterocycles. The minimum absolute atomic E-state index is 0.0142. The second-order valence-electron chi connectivity index (χ2n) is 9.07. The molecule has 0 spiro atoms. The van der Waals surface area contributed by atoms with Crippen LogP contribution in [-0.2, 0) is 9.59 Å². The maximum atomic E-state index is 13.5. The average molecular weight is 525 g/mol. The number of aromatic nitrogens is 3. The number of Topliss-reactive ketones (excluding diaryl/α,β-unsaturated/α-hetero) is 1. The largest absolute Gasteiger partial charge is 0.505 e. The first-order valence-corrected chi connectivity index (χ1v) is 13.0. The van der Waals surface area contributed by atoms with E-state index in [1.807, 2.05) is 92.0 Å². The number of aliphatic hydroxyl groups is 1. The Kier molecular flexibility index (Phi) is 5.72. The molecule has 190 valence electrons. The fourth-order valence-electron chi connectivity index (χ4n) is 4.91. The molecule has 4 heterocycles. The summed E-state index contributed by atoms with van der Waals surface area (Å²) in [6, 6.07) is 17.7. The number of carbonyl (C=O) groups is 2. The number of hydrogen-bond acceptors (Lipinski definition) is 7. The van der Waals surface area contributed by atoms with E-state index in [9.17, 15) is 14.7 Å². The highest BCUT2D eigenvalue weighted by Gasteiger charge is 2.48. The Bertz CT molecular complexity index is 1770. The summed E-state index contributed by atoms with van der Waals surface area (Å²) in [5.41, 5.74) is 3.89. The molecule has 38 heavy (non-hydrogen) atoms. The van der Waals surface area contributed by atoms with Gasteiger partial charge in [-0.2, -0.15) is 0 Å². The normalized spacial score (nSPS) is 17.1. The molecule has 6 rings (SSSR count). The standard InChI is InChI=1S/C29H24N4O4S/c1-4-37-19-12-13-20-21(15-19)38-29(30-20)33-24(18-10-6-5-7-11-18)22(26(35)28(33)36)25(34)23-17(3)32-14-8-9-16(2)27(32)31-23/h5-15,24,34H,4H2,1-3H3/b25-22+. The van der Waals surface area contributed by atoms with Crippen molar-refractivity contribution < 1.29 is 19.4 Å². The van der Waals surface area contributed by atoms with Crippen LogP contribution in [-0.4, -0.2) is 37.8 Å². The molecule has 1 aliphatic rings. The summed E-state index contributed by atoms with van der Waals surface area (Å²) >= 11 is 1.30. The van der Waals surface area contributed by atoms with Crippen molar-refractivity contribution >= 4 is 49.8 Å². The van der Waals surface area contributed by atoms with Crippen molar-refractivity contribution in [2.24, 2.45) is 0 Å². The molecule has 1 N–H and O–H groups in total. The van der Waals surface area contributed by atoms with Crippen molar-refractivity contribution in [1.82, 2.24) is 14.4 Å². The summed E-state index contributed by atoms with van der Waals surface area (Å²) in [6.07, 6.45) is 1.85. The zero-order valence-electron chi connectivity index (χ0n) is 21.0. The highest BCUT2D eigenvalue weighted by Crippen LogP contribution is 2.44. The van der Waals surface area contributed by atoms with Crippen molar-refractivity contribution in [3.63, 3.8) is 0 Å². The van der Waals surface area contributed by atoms with Gasteiger partial charge in [-0.15, -0.1) is 0 Å². The number of amides is 1. The van der Waals surface area contributed by atoms with Crippen LogP contribution in [0.25, 0.3) is 21.6 Å². The van der Waals surface area contributed by atoms with E-state index in [1.165, 1.54) is 16.2 Å². The maximum absolute atomic E-state index is 13.5. The fraction of sp³-hybridized carbons (Fsp3) is 0.172. The Balaban J connectivity index is 1.55. The first-order valence-electron chi connectivity index (χ1n) is 12.2.